The van der Waals surface area contributed by atoms with Gasteiger partial charge in [0.1, 0.15) is 25.8 Å². The van der Waals surface area contributed by atoms with Crippen LogP contribution in [0.2, 0.25) is 10.0 Å². The number of rotatable bonds is 10. The number of benzene rings is 2. The van der Waals surface area contributed by atoms with Crippen LogP contribution in [0.3, 0.4) is 0 Å². The van der Waals surface area contributed by atoms with Crippen LogP contribution in [0.5, 0.6) is 11.5 Å². The molecule has 2 aromatic rings. The molecule has 1 atom stereocenters. The molecule has 1 N–H and O–H groups in total. The molecule has 1 aliphatic heterocycles. The Labute approximate surface area is 227 Å². The van der Waals surface area contributed by atoms with Gasteiger partial charge < -0.3 is 19.7 Å². The molecule has 0 bridgehead atoms. The van der Waals surface area contributed by atoms with Gasteiger partial charge in [0.05, 0.1) is 21.5 Å². The SMILES string of the molecule is CCS(=O)(=O)N(CC(=O)N(Cc1ccc(Cl)c(Cl)c1)C(C)C(=O)NC(C)C)c1ccc2c(c1)OCCO2. The minimum absolute atomic E-state index is 0.0174. The number of carbonyl (C=O) groups excluding carboxylic acids is 2. The van der Waals surface area contributed by atoms with Gasteiger partial charge in [0.15, 0.2) is 11.5 Å². The van der Waals surface area contributed by atoms with Gasteiger partial charge in [-0.05, 0) is 57.5 Å². The molecule has 1 heterocycles. The van der Waals surface area contributed by atoms with Crippen molar-refractivity contribution in [1.82, 2.24) is 10.2 Å². The van der Waals surface area contributed by atoms with Crippen molar-refractivity contribution < 1.29 is 27.5 Å². The van der Waals surface area contributed by atoms with Crippen LogP contribution in [0.1, 0.15) is 33.3 Å². The minimum atomic E-state index is -3.87. The first-order valence-electron chi connectivity index (χ1n) is 11.9. The van der Waals surface area contributed by atoms with Crippen molar-refractivity contribution in [1.29, 1.82) is 0 Å². The van der Waals surface area contributed by atoms with E-state index >= 15 is 0 Å². The highest BCUT2D eigenvalue weighted by Crippen LogP contribution is 2.35. The Morgan fingerprint density at radius 3 is 2.30 bits per heavy atom. The molecular weight excluding hydrogens is 541 g/mol. The number of amides is 2. The summed E-state index contributed by atoms with van der Waals surface area (Å²) >= 11 is 12.2. The molecule has 0 aliphatic carbocycles. The predicted molar refractivity (Wildman–Crippen MR) is 144 cm³/mol. The third-order valence-corrected chi connectivity index (χ3v) is 8.21. The molecule has 3 rings (SSSR count). The third-order valence-electron chi connectivity index (χ3n) is 5.73. The Morgan fingerprint density at radius 2 is 1.68 bits per heavy atom. The molecule has 9 nitrogen and oxygen atoms in total. The van der Waals surface area contributed by atoms with Crippen LogP contribution in [-0.2, 0) is 26.2 Å². The molecule has 1 aliphatic rings. The number of carbonyl (C=O) groups is 2. The molecule has 0 radical (unpaired) electrons. The Hall–Kier alpha value is -2.69. The molecule has 2 aromatic carbocycles. The lowest BCUT2D eigenvalue weighted by atomic mass is 10.1. The van der Waals surface area contributed by atoms with Gasteiger partial charge in [0.25, 0.3) is 0 Å². The molecule has 0 spiro atoms. The van der Waals surface area contributed by atoms with E-state index in [0.29, 0.717) is 40.3 Å². The minimum Gasteiger partial charge on any atom is -0.486 e. The highest BCUT2D eigenvalue weighted by atomic mass is 35.5. The van der Waals surface area contributed by atoms with E-state index in [1.54, 1.807) is 37.3 Å². The fourth-order valence-corrected chi connectivity index (χ4v) is 5.10. The molecule has 202 valence electrons. The predicted octanol–water partition coefficient (Wildman–Crippen LogP) is 3.86. The largest absolute Gasteiger partial charge is 0.486 e. The average Bonchev–Trinajstić information content (AvgIpc) is 2.86. The number of nitrogens with one attached hydrogen (secondary N) is 1. The van der Waals surface area contributed by atoms with Crippen LogP contribution in [0.25, 0.3) is 0 Å². The zero-order valence-corrected chi connectivity index (χ0v) is 23.5. The summed E-state index contributed by atoms with van der Waals surface area (Å²) in [5, 5.41) is 3.46. The Morgan fingerprint density at radius 1 is 1.00 bits per heavy atom. The smallest absolute Gasteiger partial charge is 0.244 e. The van der Waals surface area contributed by atoms with Crippen LogP contribution < -0.4 is 19.1 Å². The van der Waals surface area contributed by atoms with Gasteiger partial charge in [0.2, 0.25) is 21.8 Å². The van der Waals surface area contributed by atoms with E-state index in [-0.39, 0.29) is 29.9 Å². The Kier molecular flexibility index (Phi) is 9.55. The molecule has 0 saturated carbocycles. The first kappa shape index (κ1) is 28.9. The summed E-state index contributed by atoms with van der Waals surface area (Å²) in [4.78, 5) is 27.9. The zero-order valence-electron chi connectivity index (χ0n) is 21.2. The Balaban J connectivity index is 1.96. The van der Waals surface area contributed by atoms with E-state index in [0.717, 1.165) is 4.31 Å². The van der Waals surface area contributed by atoms with Gasteiger partial charge in [-0.15, -0.1) is 0 Å². The zero-order chi connectivity index (χ0) is 27.3. The topological polar surface area (TPSA) is 105 Å². The average molecular weight is 573 g/mol. The van der Waals surface area contributed by atoms with Crippen molar-refractivity contribution in [2.24, 2.45) is 0 Å². The van der Waals surface area contributed by atoms with E-state index in [1.807, 2.05) is 13.8 Å². The fraction of sp³-hybridized carbons (Fsp3) is 0.440. The summed E-state index contributed by atoms with van der Waals surface area (Å²) in [5.74, 6) is -0.275. The molecule has 0 fully saturated rings. The van der Waals surface area contributed by atoms with Gasteiger partial charge in [0, 0.05) is 18.7 Å². The van der Waals surface area contributed by atoms with Gasteiger partial charge in [-0.2, -0.15) is 0 Å². The van der Waals surface area contributed by atoms with Crippen LogP contribution in [-0.4, -0.2) is 62.7 Å². The number of anilines is 1. The highest BCUT2D eigenvalue weighted by molar-refractivity contribution is 7.92. The second-order valence-corrected chi connectivity index (χ2v) is 11.8. The van der Waals surface area contributed by atoms with E-state index in [9.17, 15) is 18.0 Å². The van der Waals surface area contributed by atoms with Gasteiger partial charge in [-0.1, -0.05) is 29.3 Å². The van der Waals surface area contributed by atoms with Crippen LogP contribution in [0, 0.1) is 0 Å². The number of hydrogen-bond acceptors (Lipinski definition) is 6. The van der Waals surface area contributed by atoms with E-state index in [1.165, 1.54) is 17.9 Å². The summed E-state index contributed by atoms with van der Waals surface area (Å²) < 4.78 is 38.3. The summed E-state index contributed by atoms with van der Waals surface area (Å²) in [6.45, 7) is 6.94. The van der Waals surface area contributed by atoms with Crippen molar-refractivity contribution in [2.75, 3.05) is 29.8 Å². The standard InChI is InChI=1S/C25H31Cl2N3O6S/c1-5-37(33,34)30(19-7-9-22-23(13-19)36-11-10-35-22)15-24(31)29(17(4)25(32)28-16(2)3)14-18-6-8-20(26)21(27)12-18/h6-9,12-13,16-17H,5,10-11,14-15H2,1-4H3,(H,28,32). The summed E-state index contributed by atoms with van der Waals surface area (Å²) in [5.41, 5.74) is 0.893. The highest BCUT2D eigenvalue weighted by Gasteiger charge is 2.32. The summed E-state index contributed by atoms with van der Waals surface area (Å²) in [7, 11) is -3.87. The summed E-state index contributed by atoms with van der Waals surface area (Å²) in [6, 6.07) is 8.57. The van der Waals surface area contributed by atoms with Crippen LogP contribution in [0.4, 0.5) is 5.69 Å². The van der Waals surface area contributed by atoms with Crippen molar-refractivity contribution >= 4 is 50.7 Å². The van der Waals surface area contributed by atoms with E-state index in [4.69, 9.17) is 32.7 Å². The lowest BCUT2D eigenvalue weighted by molar-refractivity contribution is -0.139. The maximum atomic E-state index is 13.7. The number of ether oxygens (including phenoxy) is 2. The lowest BCUT2D eigenvalue weighted by Crippen LogP contribution is -2.52. The normalized spacial score (nSPS) is 13.7. The maximum absolute atomic E-state index is 13.7. The molecule has 0 saturated heterocycles. The number of sulfonamides is 1. The van der Waals surface area contributed by atoms with E-state index in [2.05, 4.69) is 5.32 Å². The maximum Gasteiger partial charge on any atom is 0.244 e. The van der Waals surface area contributed by atoms with Crippen molar-refractivity contribution in [3.05, 3.63) is 52.0 Å². The molecule has 12 heteroatoms. The summed E-state index contributed by atoms with van der Waals surface area (Å²) in [6.07, 6.45) is 0. The fourth-order valence-electron chi connectivity index (χ4n) is 3.73. The molecular formula is C25H31Cl2N3O6S. The number of hydrogen-bond donors (Lipinski definition) is 1. The van der Waals surface area contributed by atoms with Crippen LogP contribution in [0.15, 0.2) is 36.4 Å². The molecule has 2 amide bonds. The lowest BCUT2D eigenvalue weighted by Gasteiger charge is -2.32. The van der Waals surface area contributed by atoms with Gasteiger partial charge >= 0.3 is 0 Å². The first-order valence-corrected chi connectivity index (χ1v) is 14.2. The monoisotopic (exact) mass is 571 g/mol. The molecule has 37 heavy (non-hydrogen) atoms. The van der Waals surface area contributed by atoms with Crippen molar-refractivity contribution in [2.45, 2.75) is 46.3 Å². The quantitative estimate of drug-likeness (QED) is 0.464. The third kappa shape index (κ3) is 7.21. The van der Waals surface area contributed by atoms with Gasteiger partial charge in [-0.25, -0.2) is 8.42 Å². The van der Waals surface area contributed by atoms with Crippen molar-refractivity contribution in [3.63, 3.8) is 0 Å². The molecule has 0 aromatic heterocycles. The van der Waals surface area contributed by atoms with Crippen LogP contribution >= 0.6 is 23.2 Å². The first-order chi connectivity index (χ1) is 17.4. The Bertz CT molecular complexity index is 1250. The second kappa shape index (κ2) is 12.2. The number of halogens is 2. The van der Waals surface area contributed by atoms with Gasteiger partial charge in [-0.3, -0.25) is 13.9 Å². The van der Waals surface area contributed by atoms with E-state index < -0.39 is 28.5 Å². The number of nitrogens with zero attached hydrogens (tertiary/aromatic N) is 2. The number of fused-ring (bicyclic) bond motifs is 1. The van der Waals surface area contributed by atoms with Crippen molar-refractivity contribution in [3.8, 4) is 11.5 Å². The second-order valence-electron chi connectivity index (χ2n) is 8.84. The molecule has 1 unspecified atom stereocenters.